The van der Waals surface area contributed by atoms with Crippen LogP contribution in [0.3, 0.4) is 0 Å². The van der Waals surface area contributed by atoms with E-state index in [1.165, 1.54) is 6.20 Å². The maximum atomic E-state index is 14.4. The van der Waals surface area contributed by atoms with Gasteiger partial charge in [-0.15, -0.1) is 0 Å². The number of hydrogen-bond donors (Lipinski definition) is 1. The van der Waals surface area contributed by atoms with E-state index in [1.807, 2.05) is 0 Å². The molecule has 3 rings (SSSR count). The van der Waals surface area contributed by atoms with Crippen LogP contribution in [0.25, 0.3) is 11.1 Å². The molecule has 26 heavy (non-hydrogen) atoms. The van der Waals surface area contributed by atoms with Crippen molar-refractivity contribution in [3.8, 4) is 11.1 Å². The van der Waals surface area contributed by atoms with Crippen molar-refractivity contribution in [3.05, 3.63) is 53.1 Å². The highest BCUT2D eigenvalue weighted by atomic mass is 19.4. The van der Waals surface area contributed by atoms with Gasteiger partial charge < -0.3 is 5.32 Å². The third kappa shape index (κ3) is 3.57. The number of rotatable bonds is 3. The number of fused-ring (bicyclic) bond motifs is 1. The molecule has 0 aliphatic heterocycles. The van der Waals surface area contributed by atoms with Crippen LogP contribution in [0.1, 0.15) is 48.9 Å². The molecule has 1 aliphatic rings. The minimum Gasteiger partial charge on any atom is -0.349 e. The summed E-state index contributed by atoms with van der Waals surface area (Å²) in [5.74, 6) is -1.02. The molecule has 2 aromatic rings. The monoisotopic (exact) mass is 366 g/mol. The smallest absolute Gasteiger partial charge is 0.349 e. The standard InChI is InChI=1S/C19H18F4N2O/c1-2-18(26)25-17-5-3-4-12-14(9-24-10-15(12)17)13-7-6-11(8-16(13)20)19(21,22)23/h6-10,17H,2-5H2,1H3,(H,25,26)/t17-/m1/s1. The lowest BCUT2D eigenvalue weighted by Gasteiger charge is -2.27. The summed E-state index contributed by atoms with van der Waals surface area (Å²) < 4.78 is 52.7. The SMILES string of the molecule is CCC(=O)N[C@@H]1CCCc2c(-c3ccc(C(F)(F)F)cc3F)cncc21. The van der Waals surface area contributed by atoms with Crippen LogP contribution in [0.5, 0.6) is 0 Å². The van der Waals surface area contributed by atoms with E-state index in [9.17, 15) is 22.4 Å². The van der Waals surface area contributed by atoms with Crippen LogP contribution in [-0.4, -0.2) is 10.9 Å². The largest absolute Gasteiger partial charge is 0.416 e. The second-order valence-electron chi connectivity index (χ2n) is 6.31. The predicted octanol–water partition coefficient (Wildman–Crippen LogP) is 4.81. The molecule has 0 spiro atoms. The summed E-state index contributed by atoms with van der Waals surface area (Å²) in [6, 6.07) is 2.31. The van der Waals surface area contributed by atoms with E-state index in [2.05, 4.69) is 10.3 Å². The van der Waals surface area contributed by atoms with Gasteiger partial charge in [-0.3, -0.25) is 9.78 Å². The first-order chi connectivity index (χ1) is 12.3. The molecule has 1 amide bonds. The van der Waals surface area contributed by atoms with Crippen molar-refractivity contribution in [1.82, 2.24) is 10.3 Å². The molecule has 1 atom stereocenters. The number of amides is 1. The molecule has 1 aromatic heterocycles. The normalized spacial score (nSPS) is 16.9. The Kier molecular flexibility index (Phi) is 4.98. The Morgan fingerprint density at radius 2 is 2.04 bits per heavy atom. The first kappa shape index (κ1) is 18.4. The summed E-state index contributed by atoms with van der Waals surface area (Å²) in [6.07, 6.45) is 1.07. The van der Waals surface area contributed by atoms with E-state index in [-0.39, 0.29) is 17.5 Å². The molecule has 1 aromatic carbocycles. The van der Waals surface area contributed by atoms with Gasteiger partial charge in [-0.2, -0.15) is 13.2 Å². The van der Waals surface area contributed by atoms with E-state index in [0.29, 0.717) is 24.5 Å². The highest BCUT2D eigenvalue weighted by Crippen LogP contribution is 2.38. The molecule has 0 saturated heterocycles. The fourth-order valence-corrected chi connectivity index (χ4v) is 3.31. The fourth-order valence-electron chi connectivity index (χ4n) is 3.31. The van der Waals surface area contributed by atoms with E-state index >= 15 is 0 Å². The molecule has 1 heterocycles. The minimum absolute atomic E-state index is 0.0878. The quantitative estimate of drug-likeness (QED) is 0.792. The average molecular weight is 366 g/mol. The molecule has 0 unspecified atom stereocenters. The summed E-state index contributed by atoms with van der Waals surface area (Å²) in [6.45, 7) is 1.76. The molecule has 1 N–H and O–H groups in total. The Labute approximate surface area is 148 Å². The summed E-state index contributed by atoms with van der Waals surface area (Å²) in [5, 5.41) is 2.93. The zero-order valence-electron chi connectivity index (χ0n) is 14.2. The molecule has 7 heteroatoms. The number of carbonyl (C=O) groups is 1. The summed E-state index contributed by atoms with van der Waals surface area (Å²) in [7, 11) is 0. The summed E-state index contributed by atoms with van der Waals surface area (Å²) in [4.78, 5) is 15.9. The van der Waals surface area contributed by atoms with Gasteiger partial charge in [-0.05, 0) is 42.5 Å². The average Bonchev–Trinajstić information content (AvgIpc) is 2.60. The van der Waals surface area contributed by atoms with Gasteiger partial charge in [0.05, 0.1) is 11.6 Å². The number of pyridine rings is 1. The molecule has 0 saturated carbocycles. The van der Waals surface area contributed by atoms with E-state index in [0.717, 1.165) is 36.1 Å². The second kappa shape index (κ2) is 7.05. The predicted molar refractivity (Wildman–Crippen MR) is 88.7 cm³/mol. The van der Waals surface area contributed by atoms with Gasteiger partial charge >= 0.3 is 6.18 Å². The number of benzene rings is 1. The van der Waals surface area contributed by atoms with Crippen LogP contribution in [0.2, 0.25) is 0 Å². The second-order valence-corrected chi connectivity index (χ2v) is 6.31. The number of aromatic nitrogens is 1. The van der Waals surface area contributed by atoms with Crippen molar-refractivity contribution in [2.24, 2.45) is 0 Å². The highest BCUT2D eigenvalue weighted by Gasteiger charge is 2.32. The van der Waals surface area contributed by atoms with E-state index in [4.69, 9.17) is 0 Å². The molecular formula is C19H18F4N2O. The number of nitrogens with zero attached hydrogens (tertiary/aromatic N) is 1. The van der Waals surface area contributed by atoms with Crippen molar-refractivity contribution in [2.75, 3.05) is 0 Å². The summed E-state index contributed by atoms with van der Waals surface area (Å²) in [5.41, 5.74) is 1.17. The first-order valence-corrected chi connectivity index (χ1v) is 8.44. The van der Waals surface area contributed by atoms with Crippen molar-refractivity contribution >= 4 is 5.91 Å². The Hall–Kier alpha value is -2.44. The lowest BCUT2D eigenvalue weighted by atomic mass is 9.84. The topological polar surface area (TPSA) is 42.0 Å². The number of alkyl halides is 3. The van der Waals surface area contributed by atoms with E-state index in [1.54, 1.807) is 13.1 Å². The number of hydrogen-bond acceptors (Lipinski definition) is 2. The molecule has 0 fully saturated rings. The molecule has 0 radical (unpaired) electrons. The third-order valence-electron chi connectivity index (χ3n) is 4.63. The molecular weight excluding hydrogens is 348 g/mol. The van der Waals surface area contributed by atoms with E-state index < -0.39 is 17.6 Å². The van der Waals surface area contributed by atoms with Crippen molar-refractivity contribution in [2.45, 2.75) is 44.8 Å². The minimum atomic E-state index is -4.59. The van der Waals surface area contributed by atoms with Crippen LogP contribution >= 0.6 is 0 Å². The lowest BCUT2D eigenvalue weighted by Crippen LogP contribution is -2.30. The number of carbonyl (C=O) groups excluding carboxylic acids is 1. The molecule has 1 aliphatic carbocycles. The zero-order valence-corrected chi connectivity index (χ0v) is 14.2. The molecule has 138 valence electrons. The first-order valence-electron chi connectivity index (χ1n) is 8.44. The Morgan fingerprint density at radius 1 is 1.27 bits per heavy atom. The van der Waals surface area contributed by atoms with Crippen LogP contribution < -0.4 is 5.32 Å². The summed E-state index contributed by atoms with van der Waals surface area (Å²) >= 11 is 0. The fraction of sp³-hybridized carbons (Fsp3) is 0.368. The van der Waals surface area contributed by atoms with Gasteiger partial charge in [0.2, 0.25) is 5.91 Å². The van der Waals surface area contributed by atoms with Crippen LogP contribution in [-0.2, 0) is 17.4 Å². The van der Waals surface area contributed by atoms with Crippen molar-refractivity contribution in [3.63, 3.8) is 0 Å². The van der Waals surface area contributed by atoms with Gasteiger partial charge in [-0.25, -0.2) is 4.39 Å². The van der Waals surface area contributed by atoms with Gasteiger partial charge in [0.25, 0.3) is 0 Å². The van der Waals surface area contributed by atoms with Crippen LogP contribution in [0, 0.1) is 5.82 Å². The Bertz CT molecular complexity index is 833. The van der Waals surface area contributed by atoms with Crippen molar-refractivity contribution < 1.29 is 22.4 Å². The maximum Gasteiger partial charge on any atom is 0.416 e. The zero-order chi connectivity index (χ0) is 18.9. The number of nitrogens with one attached hydrogen (secondary N) is 1. The van der Waals surface area contributed by atoms with Crippen molar-refractivity contribution in [1.29, 1.82) is 0 Å². The van der Waals surface area contributed by atoms with Crippen LogP contribution in [0.4, 0.5) is 17.6 Å². The molecule has 0 bridgehead atoms. The van der Waals surface area contributed by atoms with Crippen LogP contribution in [0.15, 0.2) is 30.6 Å². The Balaban J connectivity index is 2.03. The Morgan fingerprint density at radius 3 is 2.69 bits per heavy atom. The highest BCUT2D eigenvalue weighted by molar-refractivity contribution is 5.76. The maximum absolute atomic E-state index is 14.4. The molecule has 3 nitrogen and oxygen atoms in total. The third-order valence-corrected chi connectivity index (χ3v) is 4.63. The van der Waals surface area contributed by atoms with Gasteiger partial charge in [-0.1, -0.05) is 13.0 Å². The van der Waals surface area contributed by atoms with Gasteiger partial charge in [0, 0.05) is 29.9 Å². The number of halogens is 4. The van der Waals surface area contributed by atoms with Gasteiger partial charge in [0.1, 0.15) is 5.82 Å². The van der Waals surface area contributed by atoms with Gasteiger partial charge in [0.15, 0.2) is 0 Å². The lowest BCUT2D eigenvalue weighted by molar-refractivity contribution is -0.137.